The van der Waals surface area contributed by atoms with Crippen LogP contribution in [0.25, 0.3) is 0 Å². The van der Waals surface area contributed by atoms with Gasteiger partial charge in [-0.15, -0.1) is 0 Å². The molecule has 0 aliphatic heterocycles. The summed E-state index contributed by atoms with van der Waals surface area (Å²) in [6.45, 7) is 5.18. The summed E-state index contributed by atoms with van der Waals surface area (Å²) >= 11 is 0. The number of esters is 2. The lowest BCUT2D eigenvalue weighted by Crippen LogP contribution is -2.45. The molecule has 0 bridgehead atoms. The minimum absolute atomic E-state index is 0.0455. The zero-order valence-corrected chi connectivity index (χ0v) is 16.7. The molecular weight excluding hydrogens is 362 g/mol. The van der Waals surface area contributed by atoms with Gasteiger partial charge in [0.2, 0.25) is 0 Å². The van der Waals surface area contributed by atoms with Gasteiger partial charge in [0, 0.05) is 0 Å². The molecule has 2 rings (SSSR count). The maximum absolute atomic E-state index is 12.5. The van der Waals surface area contributed by atoms with Crippen molar-refractivity contribution in [1.29, 1.82) is 0 Å². The quantitative estimate of drug-likeness (QED) is 0.565. The van der Waals surface area contributed by atoms with Gasteiger partial charge in [-0.3, -0.25) is 4.79 Å². The molecular formula is C21H29NO6. The minimum Gasteiger partial charge on any atom is -0.462 e. The highest BCUT2D eigenvalue weighted by molar-refractivity contribution is 5.86. The Morgan fingerprint density at radius 2 is 1.75 bits per heavy atom. The largest absolute Gasteiger partial charge is 0.462 e. The Balaban J connectivity index is 1.95. The number of nitrogens with one attached hydrogen (secondary N) is 1. The van der Waals surface area contributed by atoms with Crippen molar-refractivity contribution in [2.45, 2.75) is 77.2 Å². The van der Waals surface area contributed by atoms with E-state index < -0.39 is 29.7 Å². The van der Waals surface area contributed by atoms with Gasteiger partial charge in [0.25, 0.3) is 0 Å². The molecule has 0 unspecified atom stereocenters. The fourth-order valence-corrected chi connectivity index (χ4v) is 2.88. The summed E-state index contributed by atoms with van der Waals surface area (Å²) in [7, 11) is 0. The van der Waals surface area contributed by atoms with Gasteiger partial charge >= 0.3 is 18.0 Å². The van der Waals surface area contributed by atoms with E-state index in [9.17, 15) is 14.4 Å². The second-order valence-electron chi connectivity index (χ2n) is 7.89. The van der Waals surface area contributed by atoms with Crippen molar-refractivity contribution in [2.24, 2.45) is 0 Å². The Morgan fingerprint density at radius 1 is 1.11 bits per heavy atom. The molecule has 1 aromatic rings. The number of alkyl carbamates (subject to hydrolysis) is 1. The normalized spacial score (nSPS) is 15.5. The smallest absolute Gasteiger partial charge is 0.408 e. The van der Waals surface area contributed by atoms with Crippen LogP contribution in [0.2, 0.25) is 0 Å². The molecule has 154 valence electrons. The molecule has 1 aliphatic carbocycles. The third-order valence-corrected chi connectivity index (χ3v) is 4.17. The van der Waals surface area contributed by atoms with Gasteiger partial charge in [-0.05, 0) is 52.0 Å². The van der Waals surface area contributed by atoms with Crippen molar-refractivity contribution in [3.05, 3.63) is 35.9 Å². The molecule has 7 heteroatoms. The number of hydrogen-bond acceptors (Lipinski definition) is 6. The van der Waals surface area contributed by atoms with Gasteiger partial charge in [-0.25, -0.2) is 9.59 Å². The summed E-state index contributed by atoms with van der Waals surface area (Å²) in [5.74, 6) is -1.25. The Morgan fingerprint density at radius 3 is 2.36 bits per heavy atom. The predicted octanol–water partition coefficient (Wildman–Crippen LogP) is 3.50. The molecule has 1 fully saturated rings. The van der Waals surface area contributed by atoms with Crippen LogP contribution in [-0.4, -0.2) is 35.8 Å². The highest BCUT2D eigenvalue weighted by atomic mass is 16.6. The van der Waals surface area contributed by atoms with Gasteiger partial charge in [0.15, 0.2) is 0 Å². The SMILES string of the molecule is CC(C)(C)OC(=O)N[C@@H](CC(=O)OC1CCCC1)C(=O)OCc1ccccc1. The van der Waals surface area contributed by atoms with Gasteiger partial charge in [-0.1, -0.05) is 30.3 Å². The Labute approximate surface area is 165 Å². The van der Waals surface area contributed by atoms with Crippen LogP contribution in [-0.2, 0) is 30.4 Å². The van der Waals surface area contributed by atoms with Crippen molar-refractivity contribution in [1.82, 2.24) is 5.32 Å². The van der Waals surface area contributed by atoms with E-state index in [-0.39, 0.29) is 19.1 Å². The maximum Gasteiger partial charge on any atom is 0.408 e. The zero-order chi connectivity index (χ0) is 20.6. The van der Waals surface area contributed by atoms with Crippen molar-refractivity contribution in [3.8, 4) is 0 Å². The van der Waals surface area contributed by atoms with E-state index in [0.717, 1.165) is 31.2 Å². The van der Waals surface area contributed by atoms with Crippen molar-refractivity contribution >= 4 is 18.0 Å². The summed E-state index contributed by atoms with van der Waals surface area (Å²) in [6.07, 6.45) is 2.50. The molecule has 0 spiro atoms. The zero-order valence-electron chi connectivity index (χ0n) is 16.7. The van der Waals surface area contributed by atoms with Crippen molar-refractivity contribution in [2.75, 3.05) is 0 Å². The Hall–Kier alpha value is -2.57. The van der Waals surface area contributed by atoms with Crippen LogP contribution in [0.1, 0.15) is 58.4 Å². The highest BCUT2D eigenvalue weighted by Crippen LogP contribution is 2.21. The first-order valence-electron chi connectivity index (χ1n) is 9.62. The number of hydrogen-bond donors (Lipinski definition) is 1. The van der Waals surface area contributed by atoms with Crippen LogP contribution < -0.4 is 5.32 Å². The lowest BCUT2D eigenvalue weighted by molar-refractivity contribution is -0.156. The molecule has 1 atom stereocenters. The third-order valence-electron chi connectivity index (χ3n) is 4.17. The molecule has 0 radical (unpaired) electrons. The summed E-state index contributed by atoms with van der Waals surface area (Å²) < 4.78 is 15.9. The van der Waals surface area contributed by atoms with E-state index in [4.69, 9.17) is 14.2 Å². The summed E-state index contributed by atoms with van der Waals surface area (Å²) in [5, 5.41) is 2.43. The van der Waals surface area contributed by atoms with E-state index in [0.29, 0.717) is 0 Å². The summed E-state index contributed by atoms with van der Waals surface area (Å²) in [4.78, 5) is 36.8. The van der Waals surface area contributed by atoms with Gasteiger partial charge in [0.1, 0.15) is 24.4 Å². The Kier molecular flexibility index (Phi) is 7.84. The van der Waals surface area contributed by atoms with Crippen LogP contribution in [0.15, 0.2) is 30.3 Å². The molecule has 1 aromatic carbocycles. The first-order chi connectivity index (χ1) is 13.2. The molecule has 1 amide bonds. The molecule has 28 heavy (non-hydrogen) atoms. The lowest BCUT2D eigenvalue weighted by Gasteiger charge is -2.23. The van der Waals surface area contributed by atoms with E-state index in [1.165, 1.54) is 0 Å². The van der Waals surface area contributed by atoms with Crippen molar-refractivity contribution in [3.63, 3.8) is 0 Å². The summed E-state index contributed by atoms with van der Waals surface area (Å²) in [5.41, 5.74) is 0.0767. The molecule has 0 aromatic heterocycles. The van der Waals surface area contributed by atoms with Gasteiger partial charge in [0.05, 0.1) is 6.42 Å². The molecule has 0 saturated heterocycles. The van der Waals surface area contributed by atoms with Crippen LogP contribution in [0.4, 0.5) is 4.79 Å². The Bertz CT molecular complexity index is 661. The van der Waals surface area contributed by atoms with Gasteiger partial charge < -0.3 is 19.5 Å². The van der Waals surface area contributed by atoms with Crippen LogP contribution in [0, 0.1) is 0 Å². The molecule has 1 N–H and O–H groups in total. The lowest BCUT2D eigenvalue weighted by atomic mass is 10.2. The molecule has 0 heterocycles. The van der Waals surface area contributed by atoms with Gasteiger partial charge in [-0.2, -0.15) is 0 Å². The number of carbonyl (C=O) groups excluding carboxylic acids is 3. The van der Waals surface area contributed by atoms with Crippen LogP contribution >= 0.6 is 0 Å². The van der Waals surface area contributed by atoms with Crippen molar-refractivity contribution < 1.29 is 28.6 Å². The standard InChI is InChI=1S/C21H29NO6/c1-21(2,3)28-20(25)22-17(13-18(23)27-16-11-7-8-12-16)19(24)26-14-15-9-5-4-6-10-15/h4-6,9-10,16-17H,7-8,11-14H2,1-3H3,(H,22,25)/t17-/m0/s1. The number of benzene rings is 1. The van der Waals surface area contributed by atoms with E-state index in [1.807, 2.05) is 30.3 Å². The van der Waals surface area contributed by atoms with Crippen LogP contribution in [0.3, 0.4) is 0 Å². The van der Waals surface area contributed by atoms with E-state index >= 15 is 0 Å². The molecule has 1 saturated carbocycles. The second kappa shape index (κ2) is 10.1. The first-order valence-corrected chi connectivity index (χ1v) is 9.62. The monoisotopic (exact) mass is 391 g/mol. The highest BCUT2D eigenvalue weighted by Gasteiger charge is 2.30. The van der Waals surface area contributed by atoms with E-state index in [1.54, 1.807) is 20.8 Å². The second-order valence-corrected chi connectivity index (χ2v) is 7.89. The molecule has 1 aliphatic rings. The summed E-state index contributed by atoms with van der Waals surface area (Å²) in [6, 6.07) is 7.98. The van der Waals surface area contributed by atoms with E-state index in [2.05, 4.69) is 5.32 Å². The molecule has 7 nitrogen and oxygen atoms in total. The number of rotatable bonds is 7. The fourth-order valence-electron chi connectivity index (χ4n) is 2.88. The number of amides is 1. The topological polar surface area (TPSA) is 90.9 Å². The first kappa shape index (κ1) is 21.7. The fraction of sp³-hybridized carbons (Fsp3) is 0.571. The number of ether oxygens (including phenoxy) is 3. The van der Waals surface area contributed by atoms with Crippen LogP contribution in [0.5, 0.6) is 0 Å². The average Bonchev–Trinajstić information content (AvgIpc) is 3.11. The third kappa shape index (κ3) is 7.98. The number of carbonyl (C=O) groups is 3. The predicted molar refractivity (Wildman–Crippen MR) is 102 cm³/mol. The average molecular weight is 391 g/mol. The maximum atomic E-state index is 12.5. The minimum atomic E-state index is -1.17.